The zero-order valence-electron chi connectivity index (χ0n) is 11.2. The molecule has 0 spiro atoms. The standard InChI is InChI=1S/C16H15N3S/c1-12-8-14(4-5-18-12)15-9-13(10-20)2-3-16(15)19-7-6-17-11-19/h2-9,11,20H,10H2,1H3. The third kappa shape index (κ3) is 2.47. The van der Waals surface area contributed by atoms with Gasteiger partial charge in [0.05, 0.1) is 12.0 Å². The van der Waals surface area contributed by atoms with Crippen LogP contribution in [0.25, 0.3) is 16.8 Å². The van der Waals surface area contributed by atoms with Crippen molar-refractivity contribution in [2.75, 3.05) is 0 Å². The molecule has 0 aliphatic rings. The van der Waals surface area contributed by atoms with Crippen molar-refractivity contribution in [1.82, 2.24) is 14.5 Å². The van der Waals surface area contributed by atoms with Gasteiger partial charge in [0.25, 0.3) is 0 Å². The molecule has 3 nitrogen and oxygen atoms in total. The van der Waals surface area contributed by atoms with Crippen molar-refractivity contribution in [3.63, 3.8) is 0 Å². The van der Waals surface area contributed by atoms with Gasteiger partial charge in [-0.25, -0.2) is 4.98 Å². The van der Waals surface area contributed by atoms with E-state index in [0.29, 0.717) is 0 Å². The summed E-state index contributed by atoms with van der Waals surface area (Å²) >= 11 is 4.37. The van der Waals surface area contributed by atoms with E-state index in [1.807, 2.05) is 36.3 Å². The Bertz CT molecular complexity index is 720. The van der Waals surface area contributed by atoms with Gasteiger partial charge in [0.1, 0.15) is 0 Å². The molecule has 0 bridgehead atoms. The quantitative estimate of drug-likeness (QED) is 0.743. The maximum Gasteiger partial charge on any atom is 0.0991 e. The molecule has 0 N–H and O–H groups in total. The molecule has 2 aromatic heterocycles. The molecule has 20 heavy (non-hydrogen) atoms. The van der Waals surface area contributed by atoms with Crippen LogP contribution in [-0.4, -0.2) is 14.5 Å². The van der Waals surface area contributed by atoms with E-state index < -0.39 is 0 Å². The smallest absolute Gasteiger partial charge is 0.0991 e. The lowest BCUT2D eigenvalue weighted by Gasteiger charge is -2.12. The minimum Gasteiger partial charge on any atom is -0.306 e. The van der Waals surface area contributed by atoms with E-state index in [1.54, 1.807) is 6.20 Å². The Morgan fingerprint density at radius 2 is 2.05 bits per heavy atom. The fourth-order valence-corrected chi connectivity index (χ4v) is 2.45. The van der Waals surface area contributed by atoms with Crippen LogP contribution >= 0.6 is 12.6 Å². The average molecular weight is 281 g/mol. The molecule has 0 saturated carbocycles. The van der Waals surface area contributed by atoms with E-state index in [4.69, 9.17) is 0 Å². The zero-order chi connectivity index (χ0) is 13.9. The summed E-state index contributed by atoms with van der Waals surface area (Å²) in [5, 5.41) is 0. The summed E-state index contributed by atoms with van der Waals surface area (Å²) in [7, 11) is 0. The molecule has 0 unspecified atom stereocenters. The third-order valence-electron chi connectivity index (χ3n) is 3.23. The monoisotopic (exact) mass is 281 g/mol. The van der Waals surface area contributed by atoms with Gasteiger partial charge >= 0.3 is 0 Å². The zero-order valence-corrected chi connectivity index (χ0v) is 12.1. The third-order valence-corrected chi connectivity index (χ3v) is 3.60. The van der Waals surface area contributed by atoms with Gasteiger partial charge in [0.15, 0.2) is 0 Å². The number of nitrogens with zero attached hydrogens (tertiary/aromatic N) is 3. The van der Waals surface area contributed by atoms with Crippen LogP contribution in [-0.2, 0) is 5.75 Å². The predicted octanol–water partition coefficient (Wildman–Crippen LogP) is 3.67. The number of thiol groups is 1. The van der Waals surface area contributed by atoms with Gasteiger partial charge < -0.3 is 4.57 Å². The van der Waals surface area contributed by atoms with Crippen molar-refractivity contribution < 1.29 is 0 Å². The highest BCUT2D eigenvalue weighted by atomic mass is 32.1. The molecule has 0 aliphatic carbocycles. The van der Waals surface area contributed by atoms with Crippen molar-refractivity contribution in [3.8, 4) is 16.8 Å². The van der Waals surface area contributed by atoms with Gasteiger partial charge in [-0.3, -0.25) is 4.98 Å². The number of aryl methyl sites for hydroxylation is 1. The predicted molar refractivity (Wildman–Crippen MR) is 84.2 cm³/mol. The lowest BCUT2D eigenvalue weighted by Crippen LogP contribution is -1.96. The number of imidazole rings is 1. The first kappa shape index (κ1) is 12.9. The molecule has 0 radical (unpaired) electrons. The van der Waals surface area contributed by atoms with E-state index >= 15 is 0 Å². The fraction of sp³-hybridized carbons (Fsp3) is 0.125. The molecule has 0 amide bonds. The van der Waals surface area contributed by atoms with Gasteiger partial charge in [-0.1, -0.05) is 6.07 Å². The van der Waals surface area contributed by atoms with Crippen molar-refractivity contribution >= 4 is 12.6 Å². The molecule has 0 fully saturated rings. The molecule has 2 heterocycles. The molecule has 0 atom stereocenters. The first-order valence-corrected chi connectivity index (χ1v) is 7.06. The van der Waals surface area contributed by atoms with Gasteiger partial charge in [0, 0.05) is 35.6 Å². The average Bonchev–Trinajstić information content (AvgIpc) is 3.00. The molecule has 0 saturated heterocycles. The molecule has 3 aromatic rings. The Morgan fingerprint density at radius 3 is 2.75 bits per heavy atom. The molecular formula is C16H15N3S. The van der Waals surface area contributed by atoms with Gasteiger partial charge in [-0.2, -0.15) is 12.6 Å². The molecule has 0 aliphatic heterocycles. The van der Waals surface area contributed by atoms with Gasteiger partial charge in [-0.15, -0.1) is 0 Å². The number of aromatic nitrogens is 3. The van der Waals surface area contributed by atoms with E-state index in [0.717, 1.165) is 22.7 Å². The van der Waals surface area contributed by atoms with Crippen molar-refractivity contribution in [3.05, 3.63) is 66.5 Å². The first-order chi connectivity index (χ1) is 9.78. The minimum atomic E-state index is 0.723. The van der Waals surface area contributed by atoms with Crippen molar-refractivity contribution in [2.45, 2.75) is 12.7 Å². The van der Waals surface area contributed by atoms with E-state index in [-0.39, 0.29) is 0 Å². The van der Waals surface area contributed by atoms with Crippen LogP contribution in [0.2, 0.25) is 0 Å². The number of benzene rings is 1. The number of rotatable bonds is 3. The molecule has 4 heteroatoms. The SMILES string of the molecule is Cc1cc(-c2cc(CS)ccc2-n2ccnc2)ccn1. The van der Waals surface area contributed by atoms with Gasteiger partial charge in [-0.05, 0) is 42.3 Å². The van der Waals surface area contributed by atoms with Crippen LogP contribution < -0.4 is 0 Å². The topological polar surface area (TPSA) is 30.7 Å². The Kier molecular flexibility index (Phi) is 3.56. The van der Waals surface area contributed by atoms with E-state index in [9.17, 15) is 0 Å². The van der Waals surface area contributed by atoms with Crippen LogP contribution in [0, 0.1) is 6.92 Å². The highest BCUT2D eigenvalue weighted by Crippen LogP contribution is 2.28. The summed E-state index contributed by atoms with van der Waals surface area (Å²) in [5.74, 6) is 0.723. The maximum absolute atomic E-state index is 4.37. The Hall–Kier alpha value is -2.07. The molecule has 100 valence electrons. The summed E-state index contributed by atoms with van der Waals surface area (Å²) in [6, 6.07) is 10.5. The second-order valence-electron chi connectivity index (χ2n) is 4.67. The number of hydrogen-bond acceptors (Lipinski definition) is 3. The highest BCUT2D eigenvalue weighted by molar-refractivity contribution is 7.79. The van der Waals surface area contributed by atoms with Crippen molar-refractivity contribution in [1.29, 1.82) is 0 Å². The van der Waals surface area contributed by atoms with E-state index in [2.05, 4.69) is 46.9 Å². The second kappa shape index (κ2) is 5.51. The minimum absolute atomic E-state index is 0.723. The normalized spacial score (nSPS) is 10.7. The Balaban J connectivity index is 2.21. The van der Waals surface area contributed by atoms with Crippen LogP contribution in [0.1, 0.15) is 11.3 Å². The van der Waals surface area contributed by atoms with Crippen LogP contribution in [0.3, 0.4) is 0 Å². The summed E-state index contributed by atoms with van der Waals surface area (Å²) in [5.41, 5.74) is 5.64. The van der Waals surface area contributed by atoms with Gasteiger partial charge in [0.2, 0.25) is 0 Å². The molecule has 3 rings (SSSR count). The summed E-state index contributed by atoms with van der Waals surface area (Å²) in [4.78, 5) is 8.40. The maximum atomic E-state index is 4.37. The van der Waals surface area contributed by atoms with Crippen LogP contribution in [0.4, 0.5) is 0 Å². The number of pyridine rings is 1. The summed E-state index contributed by atoms with van der Waals surface area (Å²) in [6.07, 6.45) is 7.39. The number of hydrogen-bond donors (Lipinski definition) is 1. The van der Waals surface area contributed by atoms with Crippen LogP contribution in [0.5, 0.6) is 0 Å². The Labute approximate surface area is 123 Å². The lowest BCUT2D eigenvalue weighted by molar-refractivity contribution is 1.06. The fourth-order valence-electron chi connectivity index (χ4n) is 2.25. The summed E-state index contributed by atoms with van der Waals surface area (Å²) in [6.45, 7) is 2.00. The molecular weight excluding hydrogens is 266 g/mol. The lowest BCUT2D eigenvalue weighted by atomic mass is 10.0. The molecule has 1 aromatic carbocycles. The van der Waals surface area contributed by atoms with Crippen molar-refractivity contribution in [2.24, 2.45) is 0 Å². The summed E-state index contributed by atoms with van der Waals surface area (Å²) < 4.78 is 2.02. The Morgan fingerprint density at radius 1 is 1.15 bits per heavy atom. The second-order valence-corrected chi connectivity index (χ2v) is 4.98. The van der Waals surface area contributed by atoms with E-state index in [1.165, 1.54) is 11.1 Å². The largest absolute Gasteiger partial charge is 0.306 e. The highest BCUT2D eigenvalue weighted by Gasteiger charge is 2.08. The van der Waals surface area contributed by atoms with Crippen LogP contribution in [0.15, 0.2) is 55.2 Å². The first-order valence-electron chi connectivity index (χ1n) is 6.43.